The molecule has 4 heterocycles. The summed E-state index contributed by atoms with van der Waals surface area (Å²) in [6, 6.07) is 21.0. The summed E-state index contributed by atoms with van der Waals surface area (Å²) in [5.41, 5.74) is 4.35. The molecule has 0 saturated carbocycles. The van der Waals surface area contributed by atoms with Crippen LogP contribution in [0.4, 0.5) is 16.2 Å². The summed E-state index contributed by atoms with van der Waals surface area (Å²) in [6.07, 6.45) is 0.559. The van der Waals surface area contributed by atoms with Crippen LogP contribution in [0.2, 0.25) is 0 Å². The molecule has 16 heteroatoms. The number of nitrogens with zero attached hydrogens (tertiary/aromatic N) is 4. The molecular weight excluding hydrogens is 785 g/mol. The van der Waals surface area contributed by atoms with Gasteiger partial charge in [0.1, 0.15) is 11.8 Å². The number of anilines is 2. The number of phenols is 1. The van der Waals surface area contributed by atoms with Crippen LogP contribution in [-0.2, 0) is 35.1 Å². The lowest BCUT2D eigenvalue weighted by Crippen LogP contribution is -2.65. The number of urea groups is 1. The van der Waals surface area contributed by atoms with Crippen molar-refractivity contribution in [1.82, 2.24) is 20.0 Å². The van der Waals surface area contributed by atoms with E-state index in [1.807, 2.05) is 54.3 Å². The number of fused-ring (bicyclic) bond motifs is 3. The molecule has 1 unspecified atom stereocenters. The van der Waals surface area contributed by atoms with Crippen LogP contribution in [0.5, 0.6) is 5.75 Å². The van der Waals surface area contributed by atoms with Gasteiger partial charge in [0, 0.05) is 44.7 Å². The van der Waals surface area contributed by atoms with E-state index in [2.05, 4.69) is 10.6 Å². The van der Waals surface area contributed by atoms with E-state index in [4.69, 9.17) is 14.2 Å². The summed E-state index contributed by atoms with van der Waals surface area (Å²) >= 11 is 0. The van der Waals surface area contributed by atoms with Crippen molar-refractivity contribution in [2.75, 3.05) is 76.0 Å². The minimum Gasteiger partial charge on any atom is -0.508 e. The predicted molar refractivity (Wildman–Crippen MR) is 224 cm³/mol. The quantitative estimate of drug-likeness (QED) is 0.103. The number of piperidine rings is 1. The maximum Gasteiger partial charge on any atom is 0.325 e. The maximum absolute atomic E-state index is 14.1. The van der Waals surface area contributed by atoms with Crippen molar-refractivity contribution in [2.45, 2.75) is 44.8 Å². The Morgan fingerprint density at radius 1 is 0.836 bits per heavy atom. The summed E-state index contributed by atoms with van der Waals surface area (Å²) in [5.74, 6) is -2.00. The molecule has 3 N–H and O–H groups in total. The van der Waals surface area contributed by atoms with E-state index in [0.29, 0.717) is 77.9 Å². The summed E-state index contributed by atoms with van der Waals surface area (Å²) < 4.78 is 17.3. The Kier molecular flexibility index (Phi) is 12.3. The number of benzene rings is 4. The molecule has 318 valence electrons. The molecular formula is C45H48N6O10. The Hall–Kier alpha value is -6.36. The van der Waals surface area contributed by atoms with Crippen molar-refractivity contribution in [1.29, 1.82) is 0 Å². The van der Waals surface area contributed by atoms with Crippen molar-refractivity contribution >= 4 is 57.7 Å². The Labute approximate surface area is 352 Å². The Morgan fingerprint density at radius 2 is 1.59 bits per heavy atom. The van der Waals surface area contributed by atoms with Gasteiger partial charge in [-0.2, -0.15) is 0 Å². The molecule has 0 aliphatic carbocycles. The van der Waals surface area contributed by atoms with Crippen molar-refractivity contribution < 1.29 is 48.1 Å². The van der Waals surface area contributed by atoms with Gasteiger partial charge < -0.3 is 34.4 Å². The van der Waals surface area contributed by atoms with Crippen molar-refractivity contribution in [3.63, 3.8) is 0 Å². The summed E-state index contributed by atoms with van der Waals surface area (Å²) in [7, 11) is 0. The third-order valence-electron chi connectivity index (χ3n) is 11.5. The standard InChI is InChI=1S/C45H48N6O10/c1-2-40(54)48-26-31(27-48)50-25-30-11-10-29(35-24-32(52)22-28-6-3-4-7-33(28)35)23-38(30)49(45(50)58)15-17-60-19-21-61-20-18-59-16-14-46-36-9-5-8-34-41(36)44(57)51(43(34)56)37-12-13-39(53)47-42(37)55/h3-11,22-24,31,37,46,52H,2,12-21,25-27H2,1H3,(H,47,53,55). The summed E-state index contributed by atoms with van der Waals surface area (Å²) in [4.78, 5) is 83.1. The largest absolute Gasteiger partial charge is 0.508 e. The van der Waals surface area contributed by atoms with Gasteiger partial charge in [0.05, 0.1) is 69.0 Å². The van der Waals surface area contributed by atoms with Gasteiger partial charge in [0.25, 0.3) is 11.8 Å². The van der Waals surface area contributed by atoms with E-state index in [1.54, 1.807) is 40.1 Å². The number of carbonyl (C=O) groups is 6. The molecule has 2 saturated heterocycles. The second-order valence-corrected chi connectivity index (χ2v) is 15.4. The lowest BCUT2D eigenvalue weighted by molar-refractivity contribution is -0.138. The summed E-state index contributed by atoms with van der Waals surface area (Å²) in [5, 5.41) is 17.8. The molecule has 8 rings (SSSR count). The first kappa shape index (κ1) is 41.4. The van der Waals surface area contributed by atoms with Gasteiger partial charge in [0.2, 0.25) is 17.7 Å². The third kappa shape index (κ3) is 8.51. The van der Waals surface area contributed by atoms with Gasteiger partial charge in [-0.15, -0.1) is 0 Å². The van der Waals surface area contributed by atoms with Crippen molar-refractivity contribution in [3.05, 3.63) is 89.5 Å². The van der Waals surface area contributed by atoms with Gasteiger partial charge >= 0.3 is 6.03 Å². The zero-order valence-corrected chi connectivity index (χ0v) is 33.9. The number of nitrogens with one attached hydrogen (secondary N) is 2. The van der Waals surface area contributed by atoms with Crippen LogP contribution in [0, 0.1) is 0 Å². The highest BCUT2D eigenvalue weighted by Gasteiger charge is 2.46. The number of phenolic OH excluding ortho intramolecular Hbond substituents is 1. The van der Waals surface area contributed by atoms with Gasteiger partial charge in [-0.25, -0.2) is 4.79 Å². The van der Waals surface area contributed by atoms with E-state index >= 15 is 0 Å². The first-order chi connectivity index (χ1) is 29.6. The van der Waals surface area contributed by atoms with E-state index in [1.165, 1.54) is 0 Å². The minimum absolute atomic E-state index is 0.0480. The average molecular weight is 833 g/mol. The number of imide groups is 2. The topological polar surface area (TPSA) is 187 Å². The van der Waals surface area contributed by atoms with Gasteiger partial charge in [0.15, 0.2) is 0 Å². The van der Waals surface area contributed by atoms with Crippen LogP contribution in [0.1, 0.15) is 52.5 Å². The van der Waals surface area contributed by atoms with Crippen molar-refractivity contribution in [2.24, 2.45) is 0 Å². The fourth-order valence-electron chi connectivity index (χ4n) is 8.36. The molecule has 0 radical (unpaired) electrons. The molecule has 4 aromatic rings. The molecule has 0 aromatic heterocycles. The van der Waals surface area contributed by atoms with Crippen LogP contribution < -0.4 is 15.5 Å². The number of amides is 7. The molecule has 7 amide bonds. The average Bonchev–Trinajstić information content (AvgIpc) is 3.49. The molecule has 0 bridgehead atoms. The van der Waals surface area contributed by atoms with Crippen LogP contribution in [-0.4, -0.2) is 133 Å². The molecule has 0 spiro atoms. The fraction of sp³-hybridized carbons (Fsp3) is 0.378. The van der Waals surface area contributed by atoms with Gasteiger partial charge in [-0.3, -0.25) is 39.1 Å². The monoisotopic (exact) mass is 832 g/mol. The molecule has 16 nitrogen and oxygen atoms in total. The van der Waals surface area contributed by atoms with Crippen molar-refractivity contribution in [3.8, 4) is 16.9 Å². The van der Waals surface area contributed by atoms with E-state index in [0.717, 1.165) is 38.1 Å². The number of aromatic hydroxyl groups is 1. The molecule has 4 aromatic carbocycles. The SMILES string of the molecule is CCC(=O)N1CC(N2Cc3ccc(-c4cc(O)cc5ccccc45)cc3N(CCOCCOCCOCCNc3cccc4c3C(=O)N(C3CCC(=O)NC3=O)C4=O)C2=O)C1. The molecule has 4 aliphatic heterocycles. The smallest absolute Gasteiger partial charge is 0.325 e. The number of hydrogen-bond donors (Lipinski definition) is 3. The number of hydrogen-bond acceptors (Lipinski definition) is 11. The van der Waals surface area contributed by atoms with Gasteiger partial charge in [-0.05, 0) is 64.2 Å². The Bertz CT molecular complexity index is 2380. The molecule has 61 heavy (non-hydrogen) atoms. The zero-order valence-electron chi connectivity index (χ0n) is 33.9. The fourth-order valence-corrected chi connectivity index (χ4v) is 8.36. The first-order valence-electron chi connectivity index (χ1n) is 20.7. The van der Waals surface area contributed by atoms with E-state index in [9.17, 15) is 33.9 Å². The maximum atomic E-state index is 14.1. The molecule has 2 fully saturated rings. The lowest BCUT2D eigenvalue weighted by atomic mass is 9.94. The lowest BCUT2D eigenvalue weighted by Gasteiger charge is -2.48. The molecule has 4 aliphatic rings. The molecule has 1 atom stereocenters. The van der Waals surface area contributed by atoms with Crippen LogP contribution in [0.25, 0.3) is 21.9 Å². The third-order valence-corrected chi connectivity index (χ3v) is 11.5. The van der Waals surface area contributed by atoms with Gasteiger partial charge in [-0.1, -0.05) is 49.4 Å². The van der Waals surface area contributed by atoms with E-state index < -0.39 is 29.7 Å². The Morgan fingerprint density at radius 3 is 2.36 bits per heavy atom. The second kappa shape index (κ2) is 18.1. The number of rotatable bonds is 17. The number of ether oxygens (including phenoxy) is 3. The van der Waals surface area contributed by atoms with E-state index in [-0.39, 0.29) is 54.3 Å². The van der Waals surface area contributed by atoms with Crippen LogP contribution >= 0.6 is 0 Å². The highest BCUT2D eigenvalue weighted by molar-refractivity contribution is 6.25. The number of carbonyl (C=O) groups excluding carboxylic acids is 6. The van der Waals surface area contributed by atoms with Crippen LogP contribution in [0.15, 0.2) is 72.8 Å². The number of likely N-dealkylation sites (tertiary alicyclic amines) is 1. The predicted octanol–water partition coefficient (Wildman–Crippen LogP) is 4.14. The first-order valence-corrected chi connectivity index (χ1v) is 20.7. The summed E-state index contributed by atoms with van der Waals surface area (Å²) in [6.45, 7) is 5.71. The zero-order chi connectivity index (χ0) is 42.6. The normalized spacial score (nSPS) is 17.8. The Balaban J connectivity index is 0.798. The minimum atomic E-state index is -1.04. The highest BCUT2D eigenvalue weighted by Crippen LogP contribution is 2.39. The highest BCUT2D eigenvalue weighted by atomic mass is 16.5. The van der Waals surface area contributed by atoms with Crippen LogP contribution in [0.3, 0.4) is 0 Å². The second-order valence-electron chi connectivity index (χ2n) is 15.4.